The van der Waals surface area contributed by atoms with Crippen LogP contribution in [0.15, 0.2) is 0 Å². The van der Waals surface area contributed by atoms with Gasteiger partial charge in [0.2, 0.25) is 11.8 Å². The predicted octanol–water partition coefficient (Wildman–Crippen LogP) is -0.419. The SMILES string of the molecule is CCNC(=O)CCNCC(=O)N(C)CC. The standard InChI is InChI=1S/C10H21N3O2/c1-4-12-9(14)6-7-11-8-10(15)13(3)5-2/h11H,4-8H2,1-3H3,(H,12,14). The lowest BCUT2D eigenvalue weighted by Crippen LogP contribution is -2.36. The third kappa shape index (κ3) is 6.90. The van der Waals surface area contributed by atoms with Crippen LogP contribution in [0.25, 0.3) is 0 Å². The largest absolute Gasteiger partial charge is 0.356 e. The lowest BCUT2D eigenvalue weighted by Gasteiger charge is -2.14. The van der Waals surface area contributed by atoms with Gasteiger partial charge >= 0.3 is 0 Å². The summed E-state index contributed by atoms with van der Waals surface area (Å²) in [5.41, 5.74) is 0. The molecule has 5 nitrogen and oxygen atoms in total. The van der Waals surface area contributed by atoms with Gasteiger partial charge in [-0.25, -0.2) is 0 Å². The van der Waals surface area contributed by atoms with Crippen molar-refractivity contribution >= 4 is 11.8 Å². The summed E-state index contributed by atoms with van der Waals surface area (Å²) in [7, 11) is 1.76. The monoisotopic (exact) mass is 215 g/mol. The van der Waals surface area contributed by atoms with E-state index in [0.717, 1.165) is 0 Å². The predicted molar refractivity (Wildman–Crippen MR) is 59.5 cm³/mol. The summed E-state index contributed by atoms with van der Waals surface area (Å²) in [5, 5.41) is 5.63. The Kier molecular flexibility index (Phi) is 7.62. The summed E-state index contributed by atoms with van der Waals surface area (Å²) in [4.78, 5) is 24.0. The molecular formula is C10H21N3O2. The summed E-state index contributed by atoms with van der Waals surface area (Å²) in [5.74, 6) is 0.0645. The van der Waals surface area contributed by atoms with E-state index in [1.54, 1.807) is 11.9 Å². The smallest absolute Gasteiger partial charge is 0.236 e. The van der Waals surface area contributed by atoms with Crippen molar-refractivity contribution in [2.75, 3.05) is 33.2 Å². The maximum Gasteiger partial charge on any atom is 0.236 e. The molecular weight excluding hydrogens is 194 g/mol. The third-order valence-corrected chi connectivity index (χ3v) is 2.08. The van der Waals surface area contributed by atoms with E-state index in [9.17, 15) is 9.59 Å². The zero-order chi connectivity index (χ0) is 11.7. The molecule has 0 saturated carbocycles. The minimum absolute atomic E-state index is 0.0151. The number of hydrogen-bond acceptors (Lipinski definition) is 3. The number of rotatable bonds is 7. The summed E-state index contributed by atoms with van der Waals surface area (Å²) in [6.45, 7) is 5.99. The lowest BCUT2D eigenvalue weighted by atomic mass is 10.4. The van der Waals surface area contributed by atoms with Crippen molar-refractivity contribution in [2.24, 2.45) is 0 Å². The van der Waals surface area contributed by atoms with Crippen LogP contribution in [0.4, 0.5) is 0 Å². The van der Waals surface area contributed by atoms with Gasteiger partial charge in [-0.05, 0) is 13.8 Å². The Bertz CT molecular complexity index is 207. The van der Waals surface area contributed by atoms with Crippen LogP contribution in [-0.4, -0.2) is 49.9 Å². The molecule has 0 heterocycles. The quantitative estimate of drug-likeness (QED) is 0.567. The molecule has 0 radical (unpaired) electrons. The summed E-state index contributed by atoms with van der Waals surface area (Å²) in [6.07, 6.45) is 0.414. The van der Waals surface area contributed by atoms with Crippen molar-refractivity contribution in [1.29, 1.82) is 0 Å². The fourth-order valence-electron chi connectivity index (χ4n) is 0.994. The van der Waals surface area contributed by atoms with E-state index in [1.807, 2.05) is 13.8 Å². The van der Waals surface area contributed by atoms with E-state index >= 15 is 0 Å². The molecule has 5 heteroatoms. The van der Waals surface area contributed by atoms with Gasteiger partial charge in [0.15, 0.2) is 0 Å². The Labute approximate surface area is 91.2 Å². The van der Waals surface area contributed by atoms with Crippen LogP contribution in [0.5, 0.6) is 0 Å². The van der Waals surface area contributed by atoms with Gasteiger partial charge in [0.05, 0.1) is 6.54 Å². The fraction of sp³-hybridized carbons (Fsp3) is 0.800. The Balaban J connectivity index is 3.46. The molecule has 2 amide bonds. The number of likely N-dealkylation sites (N-methyl/N-ethyl adjacent to an activating group) is 1. The van der Waals surface area contributed by atoms with E-state index in [0.29, 0.717) is 32.6 Å². The van der Waals surface area contributed by atoms with Crippen molar-refractivity contribution in [3.8, 4) is 0 Å². The van der Waals surface area contributed by atoms with Crippen molar-refractivity contribution < 1.29 is 9.59 Å². The summed E-state index contributed by atoms with van der Waals surface area (Å²) >= 11 is 0. The van der Waals surface area contributed by atoms with E-state index in [-0.39, 0.29) is 11.8 Å². The molecule has 15 heavy (non-hydrogen) atoms. The molecule has 0 aromatic heterocycles. The second kappa shape index (κ2) is 8.23. The first-order chi connectivity index (χ1) is 7.11. The minimum Gasteiger partial charge on any atom is -0.356 e. The topological polar surface area (TPSA) is 61.4 Å². The van der Waals surface area contributed by atoms with Crippen molar-refractivity contribution in [3.63, 3.8) is 0 Å². The van der Waals surface area contributed by atoms with E-state index in [1.165, 1.54) is 0 Å². The number of nitrogens with zero attached hydrogens (tertiary/aromatic N) is 1. The Hall–Kier alpha value is -1.10. The molecule has 0 rings (SSSR count). The van der Waals surface area contributed by atoms with Crippen LogP contribution < -0.4 is 10.6 Å². The molecule has 0 unspecified atom stereocenters. The van der Waals surface area contributed by atoms with Gasteiger partial charge in [0.25, 0.3) is 0 Å². The van der Waals surface area contributed by atoms with Gasteiger partial charge in [0.1, 0.15) is 0 Å². The van der Waals surface area contributed by atoms with Crippen LogP contribution in [-0.2, 0) is 9.59 Å². The third-order valence-electron chi connectivity index (χ3n) is 2.08. The number of carbonyl (C=O) groups is 2. The van der Waals surface area contributed by atoms with Gasteiger partial charge in [0, 0.05) is 33.1 Å². The maximum absolute atomic E-state index is 11.3. The molecule has 0 aromatic carbocycles. The van der Waals surface area contributed by atoms with Gasteiger partial charge < -0.3 is 15.5 Å². The normalized spacial score (nSPS) is 9.80. The zero-order valence-electron chi connectivity index (χ0n) is 9.80. The molecule has 0 fully saturated rings. The van der Waals surface area contributed by atoms with Crippen LogP contribution in [0.1, 0.15) is 20.3 Å². The Morgan fingerprint density at radius 3 is 2.47 bits per heavy atom. The second-order valence-corrected chi connectivity index (χ2v) is 3.29. The molecule has 2 N–H and O–H groups in total. The Morgan fingerprint density at radius 1 is 1.27 bits per heavy atom. The van der Waals surface area contributed by atoms with Crippen molar-refractivity contribution in [3.05, 3.63) is 0 Å². The highest BCUT2D eigenvalue weighted by Gasteiger charge is 2.05. The van der Waals surface area contributed by atoms with Crippen LogP contribution in [0.3, 0.4) is 0 Å². The first-order valence-corrected chi connectivity index (χ1v) is 5.33. The molecule has 0 aliphatic rings. The number of nitrogens with one attached hydrogen (secondary N) is 2. The molecule has 88 valence electrons. The van der Waals surface area contributed by atoms with Crippen LogP contribution >= 0.6 is 0 Å². The van der Waals surface area contributed by atoms with E-state index < -0.39 is 0 Å². The molecule has 0 aliphatic heterocycles. The van der Waals surface area contributed by atoms with Gasteiger partial charge in [-0.1, -0.05) is 0 Å². The number of hydrogen-bond donors (Lipinski definition) is 2. The van der Waals surface area contributed by atoms with Crippen LogP contribution in [0.2, 0.25) is 0 Å². The number of carbonyl (C=O) groups excluding carboxylic acids is 2. The average Bonchev–Trinajstić information content (AvgIpc) is 2.23. The number of amides is 2. The second-order valence-electron chi connectivity index (χ2n) is 3.29. The Morgan fingerprint density at radius 2 is 1.93 bits per heavy atom. The molecule has 0 aliphatic carbocycles. The molecule has 0 bridgehead atoms. The van der Waals surface area contributed by atoms with E-state index in [4.69, 9.17) is 0 Å². The van der Waals surface area contributed by atoms with Gasteiger partial charge in [-0.15, -0.1) is 0 Å². The highest BCUT2D eigenvalue weighted by molar-refractivity contribution is 5.78. The minimum atomic E-state index is 0.0151. The van der Waals surface area contributed by atoms with Crippen molar-refractivity contribution in [2.45, 2.75) is 20.3 Å². The van der Waals surface area contributed by atoms with Gasteiger partial charge in [-0.3, -0.25) is 9.59 Å². The highest BCUT2D eigenvalue weighted by atomic mass is 16.2. The van der Waals surface area contributed by atoms with E-state index in [2.05, 4.69) is 10.6 Å². The molecule has 0 atom stereocenters. The first kappa shape index (κ1) is 13.9. The molecule has 0 spiro atoms. The summed E-state index contributed by atoms with van der Waals surface area (Å²) < 4.78 is 0. The highest BCUT2D eigenvalue weighted by Crippen LogP contribution is 1.82. The first-order valence-electron chi connectivity index (χ1n) is 5.33. The molecule has 0 saturated heterocycles. The maximum atomic E-state index is 11.3. The van der Waals surface area contributed by atoms with Gasteiger partial charge in [-0.2, -0.15) is 0 Å². The summed E-state index contributed by atoms with van der Waals surface area (Å²) in [6, 6.07) is 0. The lowest BCUT2D eigenvalue weighted by molar-refractivity contribution is -0.129. The fourth-order valence-corrected chi connectivity index (χ4v) is 0.994. The van der Waals surface area contributed by atoms with Crippen LogP contribution in [0, 0.1) is 0 Å². The average molecular weight is 215 g/mol. The molecule has 0 aromatic rings. The van der Waals surface area contributed by atoms with Crippen molar-refractivity contribution in [1.82, 2.24) is 15.5 Å². The zero-order valence-corrected chi connectivity index (χ0v) is 9.80.